The Morgan fingerprint density at radius 3 is 2.79 bits per heavy atom. The summed E-state index contributed by atoms with van der Waals surface area (Å²) in [5.74, 6) is -0.657. The van der Waals surface area contributed by atoms with Gasteiger partial charge in [0.15, 0.2) is 0 Å². The molecule has 4 nitrogen and oxygen atoms in total. The lowest BCUT2D eigenvalue weighted by molar-refractivity contribution is 0.0204. The van der Waals surface area contributed by atoms with E-state index in [1.54, 1.807) is 19.2 Å². The summed E-state index contributed by atoms with van der Waals surface area (Å²) in [6.07, 6.45) is 3.96. The van der Waals surface area contributed by atoms with E-state index in [1.807, 2.05) is 0 Å². The van der Waals surface area contributed by atoms with Crippen molar-refractivity contribution < 1.29 is 19.4 Å². The van der Waals surface area contributed by atoms with E-state index in [0.29, 0.717) is 10.8 Å². The molecule has 1 fully saturated rings. The third-order valence-corrected chi connectivity index (χ3v) is 3.61. The summed E-state index contributed by atoms with van der Waals surface area (Å²) in [4.78, 5) is 11.2. The highest BCUT2D eigenvalue weighted by Crippen LogP contribution is 2.29. The van der Waals surface area contributed by atoms with Gasteiger partial charge >= 0.3 is 5.97 Å². The minimum Gasteiger partial charge on any atom is -0.489 e. The fourth-order valence-corrected chi connectivity index (χ4v) is 2.55. The van der Waals surface area contributed by atoms with Crippen LogP contribution < -0.4 is 4.74 Å². The van der Waals surface area contributed by atoms with Crippen LogP contribution in [0.15, 0.2) is 18.2 Å². The molecule has 0 amide bonds. The minimum absolute atomic E-state index is 0.00187. The lowest BCUT2D eigenvalue weighted by Gasteiger charge is -2.29. The molecule has 0 bridgehead atoms. The fraction of sp³-hybridized carbons (Fsp3) is 0.500. The maximum Gasteiger partial charge on any atom is 0.339 e. The molecule has 2 unspecified atom stereocenters. The van der Waals surface area contributed by atoms with Crippen LogP contribution in [0.25, 0.3) is 0 Å². The lowest BCUT2D eigenvalue weighted by Crippen LogP contribution is -2.29. The van der Waals surface area contributed by atoms with Crippen LogP contribution in [0.4, 0.5) is 0 Å². The largest absolute Gasteiger partial charge is 0.489 e. The predicted molar refractivity (Wildman–Crippen MR) is 72.1 cm³/mol. The standard InChI is InChI=1S/C14H17ClO4/c1-18-10-3-2-4-11(8-10)19-13-6-5-9(15)7-12(13)14(16)17/h5-7,10-11H,2-4,8H2,1H3,(H,16,17). The number of methoxy groups -OCH3 is 1. The van der Waals surface area contributed by atoms with Gasteiger partial charge in [0.1, 0.15) is 17.4 Å². The Morgan fingerprint density at radius 1 is 1.37 bits per heavy atom. The normalized spacial score (nSPS) is 23.1. The van der Waals surface area contributed by atoms with E-state index in [4.69, 9.17) is 26.2 Å². The van der Waals surface area contributed by atoms with Crippen LogP contribution in [0.5, 0.6) is 5.75 Å². The summed E-state index contributed by atoms with van der Waals surface area (Å²) in [6, 6.07) is 4.66. The summed E-state index contributed by atoms with van der Waals surface area (Å²) >= 11 is 5.81. The number of halogens is 1. The molecule has 0 spiro atoms. The molecule has 2 rings (SSSR count). The summed E-state index contributed by atoms with van der Waals surface area (Å²) in [7, 11) is 1.69. The quantitative estimate of drug-likeness (QED) is 0.921. The van der Waals surface area contributed by atoms with E-state index in [2.05, 4.69) is 0 Å². The van der Waals surface area contributed by atoms with E-state index in [-0.39, 0.29) is 17.8 Å². The first-order valence-corrected chi connectivity index (χ1v) is 6.70. The highest BCUT2D eigenvalue weighted by molar-refractivity contribution is 6.31. The monoisotopic (exact) mass is 284 g/mol. The smallest absolute Gasteiger partial charge is 0.339 e. The van der Waals surface area contributed by atoms with Crippen LogP contribution in [-0.4, -0.2) is 30.4 Å². The zero-order valence-electron chi connectivity index (χ0n) is 10.8. The van der Waals surface area contributed by atoms with Gasteiger partial charge in [0.2, 0.25) is 0 Å². The number of carboxylic acid groups (broad SMARTS) is 1. The minimum atomic E-state index is -1.03. The Balaban J connectivity index is 2.12. The van der Waals surface area contributed by atoms with Gasteiger partial charge in [0.05, 0.1) is 6.10 Å². The topological polar surface area (TPSA) is 55.8 Å². The number of rotatable bonds is 4. The molecule has 0 heterocycles. The van der Waals surface area contributed by atoms with Gasteiger partial charge in [-0.25, -0.2) is 4.79 Å². The number of aromatic carboxylic acids is 1. The molecular formula is C14H17ClO4. The van der Waals surface area contributed by atoms with Gasteiger partial charge in [-0.3, -0.25) is 0 Å². The van der Waals surface area contributed by atoms with Crippen molar-refractivity contribution in [3.63, 3.8) is 0 Å². The Kier molecular flexibility index (Phi) is 4.66. The van der Waals surface area contributed by atoms with Crippen molar-refractivity contribution in [2.75, 3.05) is 7.11 Å². The molecule has 1 aromatic carbocycles. The zero-order chi connectivity index (χ0) is 13.8. The van der Waals surface area contributed by atoms with Crippen molar-refractivity contribution >= 4 is 17.6 Å². The van der Waals surface area contributed by atoms with E-state index in [9.17, 15) is 4.79 Å². The second kappa shape index (κ2) is 6.26. The maximum absolute atomic E-state index is 11.2. The molecule has 2 atom stereocenters. The third kappa shape index (κ3) is 3.61. The van der Waals surface area contributed by atoms with E-state index < -0.39 is 5.97 Å². The van der Waals surface area contributed by atoms with Crippen molar-refractivity contribution in [3.8, 4) is 5.75 Å². The first kappa shape index (κ1) is 14.2. The summed E-state index contributed by atoms with van der Waals surface area (Å²) < 4.78 is 11.2. The van der Waals surface area contributed by atoms with E-state index in [1.165, 1.54) is 6.07 Å². The fourth-order valence-electron chi connectivity index (χ4n) is 2.37. The van der Waals surface area contributed by atoms with Gasteiger partial charge in [-0.1, -0.05) is 11.6 Å². The maximum atomic E-state index is 11.2. The third-order valence-electron chi connectivity index (χ3n) is 3.38. The molecule has 0 aromatic heterocycles. The van der Waals surface area contributed by atoms with Crippen molar-refractivity contribution in [3.05, 3.63) is 28.8 Å². The first-order chi connectivity index (χ1) is 9.10. The van der Waals surface area contributed by atoms with Gasteiger partial charge in [0.25, 0.3) is 0 Å². The van der Waals surface area contributed by atoms with Crippen molar-refractivity contribution in [1.29, 1.82) is 0 Å². The highest BCUT2D eigenvalue weighted by Gasteiger charge is 2.24. The SMILES string of the molecule is COC1CCCC(Oc2ccc(Cl)cc2C(=O)O)C1. The lowest BCUT2D eigenvalue weighted by atomic mass is 9.95. The van der Waals surface area contributed by atoms with Crippen LogP contribution >= 0.6 is 11.6 Å². The van der Waals surface area contributed by atoms with Gasteiger partial charge in [-0.15, -0.1) is 0 Å². The summed E-state index contributed by atoms with van der Waals surface area (Å²) in [5, 5.41) is 9.55. The molecular weight excluding hydrogens is 268 g/mol. The van der Waals surface area contributed by atoms with Crippen molar-refractivity contribution in [2.45, 2.75) is 37.9 Å². The predicted octanol–water partition coefficient (Wildman–Crippen LogP) is 3.37. The molecule has 1 N–H and O–H groups in total. The second-order valence-corrected chi connectivity index (χ2v) is 5.15. The number of ether oxygens (including phenoxy) is 2. The molecule has 0 radical (unpaired) electrons. The number of benzene rings is 1. The molecule has 1 aliphatic rings. The van der Waals surface area contributed by atoms with Gasteiger partial charge in [-0.2, -0.15) is 0 Å². The molecule has 19 heavy (non-hydrogen) atoms. The molecule has 5 heteroatoms. The van der Waals surface area contributed by atoms with Crippen LogP contribution in [0, 0.1) is 0 Å². The van der Waals surface area contributed by atoms with Gasteiger partial charge in [0, 0.05) is 18.6 Å². The van der Waals surface area contributed by atoms with E-state index >= 15 is 0 Å². The molecule has 1 aromatic rings. The Hall–Kier alpha value is -1.26. The van der Waals surface area contributed by atoms with Gasteiger partial charge in [-0.05, 0) is 37.5 Å². The number of carbonyl (C=O) groups is 1. The first-order valence-electron chi connectivity index (χ1n) is 6.32. The zero-order valence-corrected chi connectivity index (χ0v) is 11.5. The van der Waals surface area contributed by atoms with Gasteiger partial charge < -0.3 is 14.6 Å². The Morgan fingerprint density at radius 2 is 2.11 bits per heavy atom. The van der Waals surface area contributed by atoms with Crippen molar-refractivity contribution in [1.82, 2.24) is 0 Å². The van der Waals surface area contributed by atoms with Crippen LogP contribution in [0.1, 0.15) is 36.0 Å². The van der Waals surface area contributed by atoms with Crippen molar-refractivity contribution in [2.24, 2.45) is 0 Å². The number of hydrogen-bond acceptors (Lipinski definition) is 3. The number of hydrogen-bond donors (Lipinski definition) is 1. The Labute approximate surface area is 117 Å². The summed E-state index contributed by atoms with van der Waals surface area (Å²) in [6.45, 7) is 0. The molecule has 1 aliphatic carbocycles. The van der Waals surface area contributed by atoms with Crippen LogP contribution in [0.2, 0.25) is 5.02 Å². The average molecular weight is 285 g/mol. The number of carboxylic acids is 1. The van der Waals surface area contributed by atoms with E-state index in [0.717, 1.165) is 25.7 Å². The average Bonchev–Trinajstić information content (AvgIpc) is 2.41. The molecule has 1 saturated carbocycles. The van der Waals surface area contributed by atoms with Crippen LogP contribution in [0.3, 0.4) is 0 Å². The molecule has 104 valence electrons. The highest BCUT2D eigenvalue weighted by atomic mass is 35.5. The molecule has 0 aliphatic heterocycles. The summed E-state index contributed by atoms with van der Waals surface area (Å²) in [5.41, 5.74) is 0.104. The second-order valence-electron chi connectivity index (χ2n) is 4.71. The van der Waals surface area contributed by atoms with Crippen LogP contribution in [-0.2, 0) is 4.74 Å². The Bertz CT molecular complexity index is 461. The molecule has 0 saturated heterocycles.